The molecule has 0 unspecified atom stereocenters. The Morgan fingerprint density at radius 3 is 1.39 bits per heavy atom. The highest BCUT2D eigenvalue weighted by Crippen LogP contribution is 2.64. The first-order chi connectivity index (χ1) is 40.3. The molecule has 16 rings (SSSR count). The quantitative estimate of drug-likeness (QED) is 0.107. The van der Waals surface area contributed by atoms with Gasteiger partial charge < -0.3 is 18.6 Å². The Balaban J connectivity index is 1.03. The molecule has 0 atom stereocenters. The Kier molecular flexibility index (Phi) is 10.7. The molecule has 0 fully saturated rings. The minimum absolute atomic E-state index is 0.799. The van der Waals surface area contributed by atoms with Gasteiger partial charge in [-0.25, -0.2) is 0 Å². The van der Waals surface area contributed by atoms with Gasteiger partial charge in [-0.3, -0.25) is 0 Å². The van der Waals surface area contributed by atoms with E-state index in [2.05, 4.69) is 303 Å². The molecule has 82 heavy (non-hydrogen) atoms. The molecule has 0 spiro atoms. The fraction of sp³-hybridized carbons (Fsp3) is 0.0649. The smallest absolute Gasteiger partial charge is 0.159 e. The van der Waals surface area contributed by atoms with Crippen LogP contribution in [0.25, 0.3) is 87.3 Å². The summed E-state index contributed by atoms with van der Waals surface area (Å²) < 4.78 is 14.2. The van der Waals surface area contributed by atoms with Gasteiger partial charge in [-0.05, 0) is 133 Å². The summed E-state index contributed by atoms with van der Waals surface area (Å²) in [5.74, 6) is 0. The van der Waals surface area contributed by atoms with E-state index in [9.17, 15) is 0 Å². The third kappa shape index (κ3) is 6.96. The van der Waals surface area contributed by atoms with Crippen LogP contribution in [0.1, 0.15) is 27.8 Å². The second-order valence-corrected chi connectivity index (χ2v) is 28.1. The molecule has 390 valence electrons. The Bertz CT molecular complexity index is 5000. The van der Waals surface area contributed by atoms with E-state index in [0.717, 1.165) is 89.0 Å². The number of nitrogens with zero attached hydrogens (tertiary/aromatic N) is 2. The SMILES string of the molecule is Cc1cccc2c1oc1c(N(c3ccccc3)c3ccc4c5c(c6ccccc6c4c3)-c3c(cc(N(c4ccccc4)c4cccc6c4oc4c([Si](C)(C)C)cccc46)c4ccccc34)C5(c3ccccc3)c3ccccc3)cccc12. The number of benzene rings is 13. The van der Waals surface area contributed by atoms with Crippen molar-refractivity contribution in [3.05, 3.63) is 295 Å². The van der Waals surface area contributed by atoms with Crippen LogP contribution < -0.4 is 15.0 Å². The van der Waals surface area contributed by atoms with Crippen LogP contribution in [-0.4, -0.2) is 8.07 Å². The van der Waals surface area contributed by atoms with Gasteiger partial charge in [0.05, 0.1) is 30.6 Å². The van der Waals surface area contributed by atoms with Crippen LogP contribution in [0.3, 0.4) is 0 Å². The van der Waals surface area contributed by atoms with Gasteiger partial charge >= 0.3 is 0 Å². The molecular weight excluding hydrogens is 1010 g/mol. The summed E-state index contributed by atoms with van der Waals surface area (Å²) in [5.41, 5.74) is 17.6. The fourth-order valence-corrected chi connectivity index (χ4v) is 15.5. The van der Waals surface area contributed by atoms with Crippen LogP contribution in [-0.2, 0) is 5.41 Å². The molecule has 2 heterocycles. The lowest BCUT2D eigenvalue weighted by Crippen LogP contribution is -2.37. The van der Waals surface area contributed by atoms with Crippen LogP contribution in [0, 0.1) is 6.92 Å². The van der Waals surface area contributed by atoms with Gasteiger partial charge in [0.25, 0.3) is 0 Å². The molecule has 0 bridgehead atoms. The molecule has 0 N–H and O–H groups in total. The lowest BCUT2D eigenvalue weighted by atomic mass is 9.66. The van der Waals surface area contributed by atoms with Gasteiger partial charge in [0.2, 0.25) is 0 Å². The summed E-state index contributed by atoms with van der Waals surface area (Å²) in [6.07, 6.45) is 0. The number of hydrogen-bond donors (Lipinski definition) is 0. The average Bonchev–Trinajstić information content (AvgIpc) is 1.60. The van der Waals surface area contributed by atoms with Gasteiger partial charge in [0.1, 0.15) is 11.2 Å². The Morgan fingerprint density at radius 1 is 0.317 bits per heavy atom. The summed E-state index contributed by atoms with van der Waals surface area (Å²) in [4.78, 5) is 4.85. The maximum Gasteiger partial charge on any atom is 0.159 e. The van der Waals surface area contributed by atoms with Gasteiger partial charge in [0.15, 0.2) is 11.2 Å². The van der Waals surface area contributed by atoms with E-state index in [4.69, 9.17) is 8.83 Å². The predicted molar refractivity (Wildman–Crippen MR) is 348 cm³/mol. The molecular formula is C77H56N2O2Si. The number of para-hydroxylation sites is 6. The number of aryl methyl sites for hydroxylation is 1. The van der Waals surface area contributed by atoms with Crippen molar-refractivity contribution < 1.29 is 8.83 Å². The van der Waals surface area contributed by atoms with Crippen molar-refractivity contribution >= 4 is 124 Å². The topological polar surface area (TPSA) is 32.8 Å². The van der Waals surface area contributed by atoms with Gasteiger partial charge in [-0.2, -0.15) is 0 Å². The molecule has 0 saturated carbocycles. The summed E-state index contributed by atoms with van der Waals surface area (Å²) in [6.45, 7) is 9.34. The molecule has 0 saturated heterocycles. The second-order valence-electron chi connectivity index (χ2n) is 23.1. The lowest BCUT2D eigenvalue weighted by molar-refractivity contribution is 0.666. The number of hydrogen-bond acceptors (Lipinski definition) is 4. The van der Waals surface area contributed by atoms with Crippen LogP contribution in [0.4, 0.5) is 34.1 Å². The number of furan rings is 2. The van der Waals surface area contributed by atoms with Gasteiger partial charge in [-0.1, -0.05) is 232 Å². The number of fused-ring (bicyclic) bond motifs is 16. The van der Waals surface area contributed by atoms with E-state index < -0.39 is 13.5 Å². The average molecular weight is 1070 g/mol. The first kappa shape index (κ1) is 48.0. The van der Waals surface area contributed by atoms with Gasteiger partial charge in [0, 0.05) is 44.0 Å². The highest BCUT2D eigenvalue weighted by atomic mass is 28.3. The maximum atomic E-state index is 7.30. The van der Waals surface area contributed by atoms with E-state index >= 15 is 0 Å². The summed E-state index contributed by atoms with van der Waals surface area (Å²) >= 11 is 0. The molecule has 4 nitrogen and oxygen atoms in total. The Morgan fingerprint density at radius 2 is 0.780 bits per heavy atom. The van der Waals surface area contributed by atoms with E-state index in [1.165, 1.54) is 65.5 Å². The molecule has 0 aliphatic heterocycles. The molecule has 0 radical (unpaired) electrons. The van der Waals surface area contributed by atoms with E-state index in [0.29, 0.717) is 0 Å². The monoisotopic (exact) mass is 1070 g/mol. The fourth-order valence-electron chi connectivity index (χ4n) is 14.0. The molecule has 15 aromatic rings. The van der Waals surface area contributed by atoms with Crippen molar-refractivity contribution in [2.24, 2.45) is 0 Å². The van der Waals surface area contributed by atoms with Crippen LogP contribution in [0.5, 0.6) is 0 Å². The molecule has 2 aromatic heterocycles. The molecule has 0 amide bonds. The number of rotatable bonds is 9. The van der Waals surface area contributed by atoms with Crippen molar-refractivity contribution in [1.29, 1.82) is 0 Å². The lowest BCUT2D eigenvalue weighted by Gasteiger charge is -2.36. The van der Waals surface area contributed by atoms with E-state index in [1.807, 2.05) is 0 Å². The van der Waals surface area contributed by atoms with Crippen LogP contribution in [0.2, 0.25) is 19.6 Å². The highest BCUT2D eigenvalue weighted by molar-refractivity contribution is 6.90. The van der Waals surface area contributed by atoms with Crippen LogP contribution in [0.15, 0.2) is 276 Å². The zero-order chi connectivity index (χ0) is 54.8. The van der Waals surface area contributed by atoms with Crippen molar-refractivity contribution in [2.75, 3.05) is 9.80 Å². The first-order valence-electron chi connectivity index (χ1n) is 28.5. The Labute approximate surface area is 477 Å². The summed E-state index contributed by atoms with van der Waals surface area (Å²) in [6, 6.07) is 98.5. The van der Waals surface area contributed by atoms with Crippen molar-refractivity contribution in [3.63, 3.8) is 0 Å². The third-order valence-corrected chi connectivity index (χ3v) is 19.5. The molecule has 5 heteroatoms. The van der Waals surface area contributed by atoms with E-state index in [-0.39, 0.29) is 0 Å². The largest absolute Gasteiger partial charge is 0.454 e. The molecule has 1 aliphatic carbocycles. The number of anilines is 6. The van der Waals surface area contributed by atoms with Crippen LogP contribution >= 0.6 is 0 Å². The highest BCUT2D eigenvalue weighted by Gasteiger charge is 2.49. The first-order valence-corrected chi connectivity index (χ1v) is 32.0. The van der Waals surface area contributed by atoms with E-state index in [1.54, 1.807) is 0 Å². The standard InChI is InChI=1S/C77H56N2O2Si/c1-49-25-21-38-60-61-39-22-42-66(74(61)80-73(49)60)78(52-30-13-7-14-31-52)54-45-46-59-64(47-54)55-34-17-19-36-57(55)71-70-58-37-20-18-35-56(58)68(48-65(70)77(72(59)71,50-26-9-5-10-27-50)51-28-11-6-12-29-51)79(53-32-15-8-16-33-53)67-43-23-40-62-63-41-24-44-69(82(2,3)4)76(63)81-75(62)67/h5-48H,1-4H3. The molecule has 1 aliphatic rings. The predicted octanol–water partition coefficient (Wildman–Crippen LogP) is 21.1. The van der Waals surface area contributed by atoms with Crippen molar-refractivity contribution in [2.45, 2.75) is 32.0 Å². The summed E-state index contributed by atoms with van der Waals surface area (Å²) in [7, 11) is -1.80. The maximum absolute atomic E-state index is 7.30. The normalized spacial score (nSPS) is 13.0. The zero-order valence-electron chi connectivity index (χ0n) is 46.1. The second kappa shape index (κ2) is 18.3. The van der Waals surface area contributed by atoms with Crippen molar-refractivity contribution in [3.8, 4) is 11.1 Å². The minimum Gasteiger partial charge on any atom is -0.454 e. The zero-order valence-corrected chi connectivity index (χ0v) is 47.1. The third-order valence-electron chi connectivity index (χ3n) is 17.5. The van der Waals surface area contributed by atoms with Gasteiger partial charge in [-0.15, -0.1) is 0 Å². The van der Waals surface area contributed by atoms with Crippen molar-refractivity contribution in [1.82, 2.24) is 0 Å². The summed E-state index contributed by atoms with van der Waals surface area (Å²) in [5, 5.41) is 12.9. The molecule has 13 aromatic carbocycles. The minimum atomic E-state index is -1.80. The Hall–Kier alpha value is -9.94.